The molecule has 4 N–H and O–H groups in total. The van der Waals surface area contributed by atoms with Gasteiger partial charge in [0.2, 0.25) is 0 Å². The first-order valence-electron chi connectivity index (χ1n) is 12.4. The fourth-order valence-electron chi connectivity index (χ4n) is 4.33. The number of nitrogens with two attached hydrogens (primary N) is 2. The van der Waals surface area contributed by atoms with Crippen LogP contribution in [0.15, 0.2) is 109 Å². The Bertz CT molecular complexity index is 1190. The minimum Gasteiger partial charge on any atom is -0.376 e. The lowest BCUT2D eigenvalue weighted by Crippen LogP contribution is -2.37. The van der Waals surface area contributed by atoms with Gasteiger partial charge >= 0.3 is 0 Å². The van der Waals surface area contributed by atoms with Gasteiger partial charge in [0.15, 0.2) is 10.2 Å². The molecule has 4 rings (SSSR count). The first kappa shape index (κ1) is 26.3. The normalized spacial score (nSPS) is 10.6. The average Bonchev–Trinajstić information content (AvgIpc) is 2.91. The van der Waals surface area contributed by atoms with Crippen molar-refractivity contribution in [2.24, 2.45) is 11.5 Å². The van der Waals surface area contributed by atoms with Crippen LogP contribution in [-0.2, 0) is 19.3 Å². The second kappa shape index (κ2) is 13.0. The second-order valence-electron chi connectivity index (χ2n) is 8.96. The maximum atomic E-state index is 6.04. The van der Waals surface area contributed by atoms with E-state index in [-0.39, 0.29) is 0 Å². The van der Waals surface area contributed by atoms with Crippen molar-refractivity contribution in [2.45, 2.75) is 19.3 Å². The van der Waals surface area contributed by atoms with Gasteiger partial charge in [-0.05, 0) is 90.2 Å². The molecular formula is C31H32N4S2. The van der Waals surface area contributed by atoms with Crippen molar-refractivity contribution >= 4 is 46.0 Å². The Balaban J connectivity index is 1.37. The Kier molecular flexibility index (Phi) is 9.24. The van der Waals surface area contributed by atoms with Crippen LogP contribution in [0.1, 0.15) is 22.3 Å². The smallest absolute Gasteiger partial charge is 0.170 e. The Morgan fingerprint density at radius 1 is 0.486 bits per heavy atom. The van der Waals surface area contributed by atoms with Crippen molar-refractivity contribution in [1.29, 1.82) is 0 Å². The first-order chi connectivity index (χ1) is 18.0. The lowest BCUT2D eigenvalue weighted by molar-refractivity contribution is 0.934. The zero-order valence-corrected chi connectivity index (χ0v) is 22.4. The number of rotatable bonds is 10. The molecule has 0 fully saturated rings. The van der Waals surface area contributed by atoms with Crippen LogP contribution in [-0.4, -0.2) is 23.3 Å². The van der Waals surface area contributed by atoms with E-state index in [1.807, 2.05) is 46.2 Å². The van der Waals surface area contributed by atoms with E-state index in [1.54, 1.807) is 0 Å². The number of hydrogen-bond acceptors (Lipinski definition) is 2. The molecule has 4 nitrogen and oxygen atoms in total. The molecule has 4 aromatic carbocycles. The number of nitrogens with zero attached hydrogens (tertiary/aromatic N) is 2. The third-order valence-electron chi connectivity index (χ3n) is 6.37. The van der Waals surface area contributed by atoms with Crippen LogP contribution in [0.25, 0.3) is 0 Å². The van der Waals surface area contributed by atoms with Gasteiger partial charge in [-0.25, -0.2) is 0 Å². The first-order valence-corrected chi connectivity index (χ1v) is 13.2. The highest BCUT2D eigenvalue weighted by atomic mass is 32.1. The monoisotopic (exact) mass is 524 g/mol. The lowest BCUT2D eigenvalue weighted by Gasteiger charge is -2.23. The minimum absolute atomic E-state index is 0.383. The molecule has 0 aliphatic rings. The second-order valence-corrected chi connectivity index (χ2v) is 9.80. The van der Waals surface area contributed by atoms with Gasteiger partial charge in [-0.1, -0.05) is 84.9 Å². The summed E-state index contributed by atoms with van der Waals surface area (Å²) in [4.78, 5) is 3.97. The van der Waals surface area contributed by atoms with Crippen LogP contribution < -0.4 is 21.3 Å². The van der Waals surface area contributed by atoms with Gasteiger partial charge in [0.05, 0.1) is 0 Å². The van der Waals surface area contributed by atoms with E-state index in [2.05, 4.69) is 72.8 Å². The Hall–Kier alpha value is -3.74. The van der Waals surface area contributed by atoms with Crippen molar-refractivity contribution in [3.63, 3.8) is 0 Å². The lowest BCUT2D eigenvalue weighted by atomic mass is 10.0. The molecule has 6 heteroatoms. The number of benzene rings is 4. The summed E-state index contributed by atoms with van der Waals surface area (Å²) < 4.78 is 0. The maximum Gasteiger partial charge on any atom is 0.170 e. The molecular weight excluding hydrogens is 493 g/mol. The summed E-state index contributed by atoms with van der Waals surface area (Å²) in [5.74, 6) is 0. The van der Waals surface area contributed by atoms with Gasteiger partial charge in [0.25, 0.3) is 0 Å². The molecule has 0 bridgehead atoms. The van der Waals surface area contributed by atoms with E-state index in [0.717, 1.165) is 43.7 Å². The van der Waals surface area contributed by atoms with Crippen molar-refractivity contribution in [3.05, 3.63) is 131 Å². The molecule has 0 aliphatic heterocycles. The molecule has 0 radical (unpaired) electrons. The fourth-order valence-corrected chi connectivity index (χ4v) is 4.72. The molecule has 0 aliphatic carbocycles. The molecule has 0 amide bonds. The Morgan fingerprint density at radius 2 is 0.838 bits per heavy atom. The Morgan fingerprint density at radius 3 is 1.16 bits per heavy atom. The van der Waals surface area contributed by atoms with E-state index in [9.17, 15) is 0 Å². The van der Waals surface area contributed by atoms with Crippen LogP contribution in [0.5, 0.6) is 0 Å². The van der Waals surface area contributed by atoms with Crippen molar-refractivity contribution in [3.8, 4) is 0 Å². The topological polar surface area (TPSA) is 58.5 Å². The molecule has 37 heavy (non-hydrogen) atoms. The van der Waals surface area contributed by atoms with E-state index in [4.69, 9.17) is 35.9 Å². The fraction of sp³-hybridized carbons (Fsp3) is 0.161. The molecule has 0 saturated heterocycles. The largest absolute Gasteiger partial charge is 0.376 e. The van der Waals surface area contributed by atoms with Crippen LogP contribution in [0.3, 0.4) is 0 Å². The summed E-state index contributed by atoms with van der Waals surface area (Å²) >= 11 is 10.7. The Labute approximate surface area is 230 Å². The summed E-state index contributed by atoms with van der Waals surface area (Å²) in [6, 6.07) is 37.6. The van der Waals surface area contributed by atoms with Gasteiger partial charge in [-0.2, -0.15) is 0 Å². The van der Waals surface area contributed by atoms with Crippen molar-refractivity contribution < 1.29 is 0 Å². The highest BCUT2D eigenvalue weighted by Crippen LogP contribution is 2.21. The molecule has 4 aromatic rings. The number of anilines is 2. The molecule has 188 valence electrons. The van der Waals surface area contributed by atoms with Crippen LogP contribution in [0, 0.1) is 0 Å². The van der Waals surface area contributed by atoms with E-state index in [1.165, 1.54) is 22.3 Å². The SMILES string of the molecule is NC(=S)N(CCc1ccccc1)c1ccc(Cc2ccc(N(CCc3ccccc3)C(N)=S)cc2)cc1. The summed E-state index contributed by atoms with van der Waals surface area (Å²) in [7, 11) is 0. The van der Waals surface area contributed by atoms with Crippen LogP contribution in [0.2, 0.25) is 0 Å². The average molecular weight is 525 g/mol. The molecule has 0 aromatic heterocycles. The van der Waals surface area contributed by atoms with E-state index >= 15 is 0 Å². The predicted octanol–water partition coefficient (Wildman–Crippen LogP) is 5.86. The summed E-state index contributed by atoms with van der Waals surface area (Å²) in [5.41, 5.74) is 19.1. The molecule has 0 unspecified atom stereocenters. The number of thiocarbonyl (C=S) groups is 2. The van der Waals surface area contributed by atoms with Gasteiger partial charge in [-0.3, -0.25) is 0 Å². The zero-order valence-electron chi connectivity index (χ0n) is 20.8. The van der Waals surface area contributed by atoms with E-state index in [0.29, 0.717) is 10.2 Å². The van der Waals surface area contributed by atoms with Crippen molar-refractivity contribution in [2.75, 3.05) is 22.9 Å². The van der Waals surface area contributed by atoms with Gasteiger partial charge in [0, 0.05) is 24.5 Å². The predicted molar refractivity (Wildman–Crippen MR) is 164 cm³/mol. The van der Waals surface area contributed by atoms with Crippen LogP contribution >= 0.6 is 24.4 Å². The van der Waals surface area contributed by atoms with Gasteiger partial charge in [0.1, 0.15) is 0 Å². The summed E-state index contributed by atoms with van der Waals surface area (Å²) in [6.07, 6.45) is 2.58. The molecule has 0 saturated carbocycles. The van der Waals surface area contributed by atoms with Gasteiger partial charge < -0.3 is 21.3 Å². The van der Waals surface area contributed by atoms with Gasteiger partial charge in [-0.15, -0.1) is 0 Å². The minimum atomic E-state index is 0.383. The standard InChI is InChI=1S/C31H32N4S2/c32-30(36)34(21-19-24-7-3-1-4-8-24)28-15-11-26(12-16-28)23-27-13-17-29(18-14-27)35(31(33)37)22-20-25-9-5-2-6-10-25/h1-18H,19-23H2,(H2,32,36)(H2,33,37). The van der Waals surface area contributed by atoms with Crippen molar-refractivity contribution in [1.82, 2.24) is 0 Å². The quantitative estimate of drug-likeness (QED) is 0.253. The molecule has 0 heterocycles. The third kappa shape index (κ3) is 7.62. The molecule has 0 atom stereocenters. The number of hydrogen-bond donors (Lipinski definition) is 2. The zero-order chi connectivity index (χ0) is 26.0. The highest BCUT2D eigenvalue weighted by molar-refractivity contribution is 7.80. The third-order valence-corrected chi connectivity index (χ3v) is 6.81. The highest BCUT2D eigenvalue weighted by Gasteiger charge is 2.12. The summed E-state index contributed by atoms with van der Waals surface area (Å²) in [6.45, 7) is 1.48. The van der Waals surface area contributed by atoms with E-state index < -0.39 is 0 Å². The summed E-state index contributed by atoms with van der Waals surface area (Å²) in [5, 5.41) is 0.766. The molecule has 0 spiro atoms. The maximum absolute atomic E-state index is 6.04. The van der Waals surface area contributed by atoms with Crippen LogP contribution in [0.4, 0.5) is 11.4 Å².